The number of aromatic nitrogens is 1. The van der Waals surface area contributed by atoms with E-state index >= 15 is 0 Å². The van der Waals surface area contributed by atoms with Crippen LogP contribution >= 0.6 is 11.3 Å². The molecule has 0 saturated heterocycles. The molecule has 0 aliphatic carbocycles. The van der Waals surface area contributed by atoms with Gasteiger partial charge in [0.2, 0.25) is 5.91 Å². The van der Waals surface area contributed by atoms with Crippen LogP contribution in [0.2, 0.25) is 0 Å². The molecule has 2 amide bonds. The Kier molecular flexibility index (Phi) is 5.23. The Labute approximate surface area is 152 Å². The number of nitrogens with two attached hydrogens (primary N) is 1. The fraction of sp³-hybridized carbons (Fsp3) is 0.0556. The lowest BCUT2D eigenvalue weighted by atomic mass is 10.1. The van der Waals surface area contributed by atoms with Gasteiger partial charge >= 0.3 is 0 Å². The number of hydrogen-bond donors (Lipinski definition) is 3. The van der Waals surface area contributed by atoms with E-state index in [1.807, 2.05) is 0 Å². The summed E-state index contributed by atoms with van der Waals surface area (Å²) < 4.78 is 13.0. The summed E-state index contributed by atoms with van der Waals surface area (Å²) in [5.41, 5.74) is 7.28. The van der Waals surface area contributed by atoms with Gasteiger partial charge in [0.05, 0.1) is 23.4 Å². The first kappa shape index (κ1) is 17.6. The molecule has 0 unspecified atom stereocenters. The van der Waals surface area contributed by atoms with Gasteiger partial charge in [-0.2, -0.15) is 0 Å². The van der Waals surface area contributed by atoms with Gasteiger partial charge in [-0.1, -0.05) is 12.1 Å². The molecule has 0 spiro atoms. The highest BCUT2D eigenvalue weighted by Gasteiger charge is 2.14. The number of benzene rings is 2. The number of thiazole rings is 1. The van der Waals surface area contributed by atoms with Crippen LogP contribution in [0.15, 0.2) is 53.9 Å². The number of hydrogen-bond acceptors (Lipinski definition) is 5. The summed E-state index contributed by atoms with van der Waals surface area (Å²) in [7, 11) is 0. The van der Waals surface area contributed by atoms with Crippen molar-refractivity contribution in [3.63, 3.8) is 0 Å². The molecule has 26 heavy (non-hydrogen) atoms. The molecule has 0 bridgehead atoms. The molecule has 0 aliphatic rings. The quantitative estimate of drug-likeness (QED) is 0.620. The van der Waals surface area contributed by atoms with Gasteiger partial charge < -0.3 is 11.1 Å². The Hall–Kier alpha value is -3.26. The first-order valence-corrected chi connectivity index (χ1v) is 8.55. The van der Waals surface area contributed by atoms with Crippen molar-refractivity contribution in [3.05, 3.63) is 71.0 Å². The van der Waals surface area contributed by atoms with Gasteiger partial charge in [0.25, 0.3) is 5.91 Å². The van der Waals surface area contributed by atoms with Crippen molar-refractivity contribution in [3.8, 4) is 0 Å². The number of amides is 2. The molecule has 6 nitrogen and oxygen atoms in total. The van der Waals surface area contributed by atoms with Crippen molar-refractivity contribution in [2.45, 2.75) is 6.42 Å². The van der Waals surface area contributed by atoms with E-state index in [1.54, 1.807) is 41.8 Å². The Morgan fingerprint density at radius 2 is 1.85 bits per heavy atom. The molecule has 1 heterocycles. The van der Waals surface area contributed by atoms with Crippen LogP contribution in [0.25, 0.3) is 0 Å². The van der Waals surface area contributed by atoms with Crippen LogP contribution in [0.5, 0.6) is 0 Å². The standard InChI is InChI=1S/C18H15FN4O2S/c19-11-5-7-12(8-6-11)21-15-4-2-1-3-14(15)17(25)23-18-22-13(10-26-18)9-16(20)24/h1-8,10,21H,9H2,(H2,20,24)(H,22,23,25). The van der Waals surface area contributed by atoms with Gasteiger partial charge in [-0.05, 0) is 36.4 Å². The molecule has 0 atom stereocenters. The normalized spacial score (nSPS) is 10.3. The third-order valence-electron chi connectivity index (χ3n) is 3.42. The van der Waals surface area contributed by atoms with Crippen LogP contribution in [0, 0.1) is 5.82 Å². The second-order valence-corrected chi connectivity index (χ2v) is 6.28. The number of nitrogens with one attached hydrogen (secondary N) is 2. The van der Waals surface area contributed by atoms with Gasteiger partial charge in [-0.3, -0.25) is 14.9 Å². The van der Waals surface area contributed by atoms with Crippen molar-refractivity contribution < 1.29 is 14.0 Å². The summed E-state index contributed by atoms with van der Waals surface area (Å²) in [5, 5.41) is 7.84. The average Bonchev–Trinajstić information content (AvgIpc) is 3.03. The largest absolute Gasteiger partial charge is 0.369 e. The molecule has 3 rings (SSSR count). The average molecular weight is 370 g/mol. The van der Waals surface area contributed by atoms with E-state index in [-0.39, 0.29) is 18.1 Å². The molecule has 8 heteroatoms. The summed E-state index contributed by atoms with van der Waals surface area (Å²) in [4.78, 5) is 27.7. The summed E-state index contributed by atoms with van der Waals surface area (Å²) in [5.74, 6) is -1.17. The minimum Gasteiger partial charge on any atom is -0.369 e. The molecule has 0 aliphatic heterocycles. The van der Waals surface area contributed by atoms with Crippen molar-refractivity contribution >= 4 is 39.7 Å². The van der Waals surface area contributed by atoms with Crippen LogP contribution in [0.4, 0.5) is 20.9 Å². The molecule has 132 valence electrons. The molecule has 0 radical (unpaired) electrons. The molecule has 0 fully saturated rings. The Bertz CT molecular complexity index is 940. The topological polar surface area (TPSA) is 97.1 Å². The fourth-order valence-corrected chi connectivity index (χ4v) is 2.97. The molecule has 4 N–H and O–H groups in total. The molecular weight excluding hydrogens is 355 g/mol. The number of halogens is 1. The third-order valence-corrected chi connectivity index (χ3v) is 4.23. The van der Waals surface area contributed by atoms with Crippen molar-refractivity contribution in [1.29, 1.82) is 0 Å². The van der Waals surface area contributed by atoms with E-state index < -0.39 is 5.91 Å². The molecule has 1 aromatic heterocycles. The number of nitrogens with zero attached hydrogens (tertiary/aromatic N) is 1. The second-order valence-electron chi connectivity index (χ2n) is 5.42. The number of anilines is 3. The van der Waals surface area contributed by atoms with Gasteiger partial charge in [0, 0.05) is 11.1 Å². The molecule has 0 saturated carbocycles. The highest BCUT2D eigenvalue weighted by atomic mass is 32.1. The number of carbonyl (C=O) groups is 2. The number of para-hydroxylation sites is 1. The minimum absolute atomic E-state index is 0.0229. The highest BCUT2D eigenvalue weighted by Crippen LogP contribution is 2.23. The van der Waals surface area contributed by atoms with Crippen molar-refractivity contribution in [2.75, 3.05) is 10.6 Å². The Morgan fingerprint density at radius 3 is 2.58 bits per heavy atom. The summed E-state index contributed by atoms with van der Waals surface area (Å²) >= 11 is 1.21. The number of carbonyl (C=O) groups excluding carboxylic acids is 2. The van der Waals surface area contributed by atoms with Gasteiger partial charge in [0.1, 0.15) is 5.82 Å². The van der Waals surface area contributed by atoms with Gasteiger partial charge in [-0.15, -0.1) is 11.3 Å². The molecular formula is C18H15FN4O2S. The zero-order valence-electron chi connectivity index (χ0n) is 13.5. The maximum atomic E-state index is 13.0. The summed E-state index contributed by atoms with van der Waals surface area (Å²) in [6.07, 6.45) is 0.0229. The zero-order valence-corrected chi connectivity index (χ0v) is 14.3. The lowest BCUT2D eigenvalue weighted by Crippen LogP contribution is -2.15. The number of rotatable bonds is 6. The Balaban J connectivity index is 1.76. The highest BCUT2D eigenvalue weighted by molar-refractivity contribution is 7.14. The van der Waals surface area contributed by atoms with Crippen LogP contribution < -0.4 is 16.4 Å². The predicted octanol–water partition coefficient (Wildman–Crippen LogP) is 3.31. The summed E-state index contributed by atoms with van der Waals surface area (Å²) in [6, 6.07) is 12.8. The monoisotopic (exact) mass is 370 g/mol. The predicted molar refractivity (Wildman–Crippen MR) is 99.1 cm³/mol. The number of primary amides is 1. The Morgan fingerprint density at radius 1 is 1.12 bits per heavy atom. The van der Waals surface area contributed by atoms with Crippen LogP contribution in [0.1, 0.15) is 16.1 Å². The maximum absolute atomic E-state index is 13.0. The van der Waals surface area contributed by atoms with E-state index in [1.165, 1.54) is 23.5 Å². The first-order chi connectivity index (χ1) is 12.5. The summed E-state index contributed by atoms with van der Waals surface area (Å²) in [6.45, 7) is 0. The van der Waals surface area contributed by atoms with E-state index in [4.69, 9.17) is 5.73 Å². The minimum atomic E-state index is -0.484. The third kappa shape index (κ3) is 4.42. The second kappa shape index (κ2) is 7.75. The van der Waals surface area contributed by atoms with Crippen LogP contribution in [-0.4, -0.2) is 16.8 Å². The SMILES string of the molecule is NC(=O)Cc1csc(NC(=O)c2ccccc2Nc2ccc(F)cc2)n1. The van der Waals surface area contributed by atoms with E-state index in [9.17, 15) is 14.0 Å². The van der Waals surface area contributed by atoms with E-state index in [0.717, 1.165) is 0 Å². The van der Waals surface area contributed by atoms with Crippen molar-refractivity contribution in [2.24, 2.45) is 5.73 Å². The zero-order chi connectivity index (χ0) is 18.5. The van der Waals surface area contributed by atoms with E-state index in [2.05, 4.69) is 15.6 Å². The van der Waals surface area contributed by atoms with Gasteiger partial charge in [-0.25, -0.2) is 9.37 Å². The smallest absolute Gasteiger partial charge is 0.259 e. The molecule has 2 aromatic carbocycles. The lowest BCUT2D eigenvalue weighted by molar-refractivity contribution is -0.117. The fourth-order valence-electron chi connectivity index (χ4n) is 2.27. The first-order valence-electron chi connectivity index (χ1n) is 7.67. The maximum Gasteiger partial charge on any atom is 0.259 e. The van der Waals surface area contributed by atoms with Crippen molar-refractivity contribution in [1.82, 2.24) is 4.98 Å². The van der Waals surface area contributed by atoms with Crippen LogP contribution in [0.3, 0.4) is 0 Å². The lowest BCUT2D eigenvalue weighted by Gasteiger charge is -2.11. The van der Waals surface area contributed by atoms with E-state index in [0.29, 0.717) is 27.8 Å². The van der Waals surface area contributed by atoms with Crippen LogP contribution in [-0.2, 0) is 11.2 Å². The van der Waals surface area contributed by atoms with Gasteiger partial charge in [0.15, 0.2) is 5.13 Å². The molecule has 3 aromatic rings.